The molecule has 0 amide bonds. The van der Waals surface area contributed by atoms with Crippen LogP contribution >= 0.6 is 22.9 Å². The number of hydrogen-bond acceptors (Lipinski definition) is 5. The number of carbonyl (C=O) groups is 1. The first-order valence-electron chi connectivity index (χ1n) is 6.87. The Morgan fingerprint density at radius 3 is 2.91 bits per heavy atom. The van der Waals surface area contributed by atoms with Gasteiger partial charge in [0, 0.05) is 5.02 Å². The van der Waals surface area contributed by atoms with E-state index in [0.717, 1.165) is 5.56 Å². The summed E-state index contributed by atoms with van der Waals surface area (Å²) >= 11 is 7.07. The summed E-state index contributed by atoms with van der Waals surface area (Å²) < 4.78 is 5.32. The zero-order chi connectivity index (χ0) is 16.6. The first kappa shape index (κ1) is 15.7. The molecule has 0 radical (unpaired) electrons. The van der Waals surface area contributed by atoms with Crippen molar-refractivity contribution in [2.24, 2.45) is 0 Å². The number of ether oxygens (including phenoxy) is 1. The van der Waals surface area contributed by atoms with Gasteiger partial charge in [-0.3, -0.25) is 4.79 Å². The molecule has 0 unspecified atom stereocenters. The number of carbonyl (C=O) groups excluding carboxylic acids is 1. The van der Waals surface area contributed by atoms with Crippen molar-refractivity contribution < 1.29 is 9.53 Å². The third-order valence-electron chi connectivity index (χ3n) is 3.36. The number of rotatable bonds is 3. The highest BCUT2D eigenvalue weighted by Crippen LogP contribution is 2.27. The van der Waals surface area contributed by atoms with Crippen LogP contribution in [-0.4, -0.2) is 15.9 Å². The number of benzene rings is 1. The van der Waals surface area contributed by atoms with Gasteiger partial charge < -0.3 is 9.72 Å². The Kier molecular flexibility index (Phi) is 4.19. The number of nitrogens with zero attached hydrogens (tertiary/aromatic N) is 1. The molecular weight excluding hydrogens is 336 g/mol. The zero-order valence-corrected chi connectivity index (χ0v) is 14.0. The van der Waals surface area contributed by atoms with E-state index in [1.54, 1.807) is 32.0 Å². The van der Waals surface area contributed by atoms with Crippen molar-refractivity contribution in [3.05, 3.63) is 61.5 Å². The predicted octanol–water partition coefficient (Wildman–Crippen LogP) is 3.61. The number of aromatic nitrogens is 2. The van der Waals surface area contributed by atoms with E-state index in [2.05, 4.69) is 9.97 Å². The van der Waals surface area contributed by atoms with Crippen LogP contribution < -0.4 is 5.56 Å². The van der Waals surface area contributed by atoms with Gasteiger partial charge in [0.2, 0.25) is 0 Å². The summed E-state index contributed by atoms with van der Waals surface area (Å²) in [7, 11) is 0. The Morgan fingerprint density at radius 2 is 2.17 bits per heavy atom. The van der Waals surface area contributed by atoms with Crippen LogP contribution in [0.1, 0.15) is 26.6 Å². The largest absolute Gasteiger partial charge is 0.457 e. The molecule has 23 heavy (non-hydrogen) atoms. The van der Waals surface area contributed by atoms with E-state index in [1.807, 2.05) is 6.07 Å². The molecule has 0 saturated heterocycles. The number of thiophene rings is 1. The summed E-state index contributed by atoms with van der Waals surface area (Å²) in [5.74, 6) is 0.0464. The first-order valence-corrected chi connectivity index (χ1v) is 8.06. The average Bonchev–Trinajstić information content (AvgIpc) is 2.82. The molecule has 3 aromatic rings. The minimum Gasteiger partial charge on any atom is -0.457 e. The van der Waals surface area contributed by atoms with E-state index in [-0.39, 0.29) is 12.2 Å². The number of aryl methyl sites for hydroxylation is 2. The second kappa shape index (κ2) is 6.14. The number of nitrogens with one attached hydrogen (secondary N) is 1. The molecule has 0 fully saturated rings. The van der Waals surface area contributed by atoms with E-state index in [1.165, 1.54) is 11.3 Å². The van der Waals surface area contributed by atoms with Crippen LogP contribution in [-0.2, 0) is 11.3 Å². The van der Waals surface area contributed by atoms with Gasteiger partial charge >= 0.3 is 5.97 Å². The smallest absolute Gasteiger partial charge is 0.349 e. The summed E-state index contributed by atoms with van der Waals surface area (Å²) in [5.41, 5.74) is 1.15. The fourth-order valence-corrected chi connectivity index (χ4v) is 3.62. The van der Waals surface area contributed by atoms with Crippen molar-refractivity contribution in [1.29, 1.82) is 0 Å². The molecule has 5 nitrogen and oxygen atoms in total. The van der Waals surface area contributed by atoms with Crippen LogP contribution in [0, 0.1) is 13.8 Å². The third kappa shape index (κ3) is 3.13. The van der Waals surface area contributed by atoms with Crippen LogP contribution in [0.15, 0.2) is 29.1 Å². The van der Waals surface area contributed by atoms with Crippen molar-refractivity contribution in [3.8, 4) is 0 Å². The van der Waals surface area contributed by atoms with Gasteiger partial charge in [-0.2, -0.15) is 0 Å². The monoisotopic (exact) mass is 348 g/mol. The lowest BCUT2D eigenvalue weighted by Gasteiger charge is -2.04. The summed E-state index contributed by atoms with van der Waals surface area (Å²) in [6, 6.07) is 7.11. The molecule has 0 aliphatic carbocycles. The second-order valence-corrected chi connectivity index (χ2v) is 6.53. The lowest BCUT2D eigenvalue weighted by molar-refractivity contribution is 0.0478. The summed E-state index contributed by atoms with van der Waals surface area (Å²) in [6.07, 6.45) is 0. The molecule has 0 bridgehead atoms. The predicted molar refractivity (Wildman–Crippen MR) is 90.3 cm³/mol. The SMILES string of the molecule is Cc1nc2sc(C(=O)OCc3cccc(Cl)c3)c(C)c2c(=O)[nH]1. The number of esters is 1. The molecule has 1 N–H and O–H groups in total. The standard InChI is InChI=1S/C16H13ClN2O3S/c1-8-12-14(20)18-9(2)19-15(12)23-13(8)16(21)22-7-10-4-3-5-11(17)6-10/h3-6H,7H2,1-2H3,(H,18,19,20). The second-order valence-electron chi connectivity index (χ2n) is 5.09. The van der Waals surface area contributed by atoms with Crippen LogP contribution in [0.4, 0.5) is 0 Å². The van der Waals surface area contributed by atoms with Gasteiger partial charge in [-0.15, -0.1) is 11.3 Å². The number of hydrogen-bond donors (Lipinski definition) is 1. The third-order valence-corrected chi connectivity index (χ3v) is 4.76. The van der Waals surface area contributed by atoms with E-state index in [4.69, 9.17) is 16.3 Å². The minimum absolute atomic E-state index is 0.121. The maximum Gasteiger partial charge on any atom is 0.349 e. The highest BCUT2D eigenvalue weighted by atomic mass is 35.5. The molecule has 1 aromatic carbocycles. The highest BCUT2D eigenvalue weighted by molar-refractivity contribution is 7.20. The van der Waals surface area contributed by atoms with Crippen molar-refractivity contribution in [1.82, 2.24) is 9.97 Å². The molecule has 0 atom stereocenters. The maximum atomic E-state index is 12.3. The molecule has 0 saturated carbocycles. The van der Waals surface area contributed by atoms with E-state index >= 15 is 0 Å². The maximum absolute atomic E-state index is 12.3. The molecular formula is C16H13ClN2O3S. The van der Waals surface area contributed by atoms with Gasteiger partial charge in [-0.25, -0.2) is 9.78 Å². The summed E-state index contributed by atoms with van der Waals surface area (Å²) in [6.45, 7) is 3.55. The van der Waals surface area contributed by atoms with Crippen LogP contribution in [0.5, 0.6) is 0 Å². The minimum atomic E-state index is -0.470. The van der Waals surface area contributed by atoms with Gasteiger partial charge in [0.15, 0.2) is 0 Å². The van der Waals surface area contributed by atoms with Crippen LogP contribution in [0.2, 0.25) is 5.02 Å². The van der Waals surface area contributed by atoms with Gasteiger partial charge in [-0.05, 0) is 37.1 Å². The average molecular weight is 349 g/mol. The van der Waals surface area contributed by atoms with Crippen molar-refractivity contribution in [3.63, 3.8) is 0 Å². The molecule has 118 valence electrons. The zero-order valence-electron chi connectivity index (χ0n) is 12.5. The van der Waals surface area contributed by atoms with Gasteiger partial charge in [0.05, 0.1) is 5.39 Å². The van der Waals surface area contributed by atoms with Crippen molar-refractivity contribution in [2.75, 3.05) is 0 Å². The molecule has 3 rings (SSSR count). The molecule has 0 spiro atoms. The quantitative estimate of drug-likeness (QED) is 0.734. The lowest BCUT2D eigenvalue weighted by Crippen LogP contribution is -2.10. The van der Waals surface area contributed by atoms with E-state index < -0.39 is 5.97 Å². The molecule has 2 heterocycles. The topological polar surface area (TPSA) is 72.0 Å². The van der Waals surface area contributed by atoms with Gasteiger partial charge in [0.1, 0.15) is 22.1 Å². The van der Waals surface area contributed by atoms with Crippen molar-refractivity contribution >= 4 is 39.1 Å². The Hall–Kier alpha value is -2.18. The lowest BCUT2D eigenvalue weighted by atomic mass is 10.2. The molecule has 0 aliphatic rings. The number of fused-ring (bicyclic) bond motifs is 1. The first-order chi connectivity index (χ1) is 11.0. The Balaban J connectivity index is 1.88. The summed E-state index contributed by atoms with van der Waals surface area (Å²) in [5, 5.41) is 1.03. The number of aromatic amines is 1. The van der Waals surface area contributed by atoms with Crippen LogP contribution in [0.25, 0.3) is 10.2 Å². The van der Waals surface area contributed by atoms with Crippen molar-refractivity contribution in [2.45, 2.75) is 20.5 Å². The Morgan fingerprint density at radius 1 is 1.39 bits per heavy atom. The van der Waals surface area contributed by atoms with Crippen LogP contribution in [0.3, 0.4) is 0 Å². The fourth-order valence-electron chi connectivity index (χ4n) is 2.29. The van der Waals surface area contributed by atoms with Gasteiger partial charge in [0.25, 0.3) is 5.56 Å². The highest BCUT2D eigenvalue weighted by Gasteiger charge is 2.20. The van der Waals surface area contributed by atoms with E-state index in [9.17, 15) is 9.59 Å². The normalized spacial score (nSPS) is 10.9. The number of H-pyrrole nitrogens is 1. The summed E-state index contributed by atoms with van der Waals surface area (Å²) in [4.78, 5) is 32.2. The van der Waals surface area contributed by atoms with Gasteiger partial charge in [-0.1, -0.05) is 23.7 Å². The Labute approximate surface area is 140 Å². The van der Waals surface area contributed by atoms with E-state index in [0.29, 0.717) is 31.5 Å². The fraction of sp³-hybridized carbons (Fsp3) is 0.188. The molecule has 7 heteroatoms. The number of halogens is 1. The Bertz CT molecular complexity index is 962. The molecule has 0 aliphatic heterocycles. The molecule has 2 aromatic heterocycles.